The van der Waals surface area contributed by atoms with E-state index in [-0.39, 0.29) is 11.9 Å². The van der Waals surface area contributed by atoms with Crippen molar-refractivity contribution in [2.24, 2.45) is 5.73 Å². The Morgan fingerprint density at radius 3 is 2.00 bits per heavy atom. The van der Waals surface area contributed by atoms with Gasteiger partial charge in [-0.05, 0) is 22.8 Å². The summed E-state index contributed by atoms with van der Waals surface area (Å²) < 4.78 is 0. The van der Waals surface area contributed by atoms with Crippen LogP contribution in [0.2, 0.25) is 0 Å². The Bertz CT molecular complexity index is 1130. The minimum absolute atomic E-state index is 0.304. The Morgan fingerprint density at radius 1 is 0.806 bits per heavy atom. The van der Waals surface area contributed by atoms with Crippen molar-refractivity contribution in [1.29, 1.82) is 0 Å². The zero-order chi connectivity index (χ0) is 21.6. The molecule has 1 atom stereocenters. The molecule has 0 bridgehead atoms. The first-order valence-electron chi connectivity index (χ1n) is 10.1. The molecule has 4 aromatic rings. The molecule has 0 aliphatic rings. The number of aromatic amines is 1. The number of hydrogen-bond donors (Lipinski definition) is 4. The van der Waals surface area contributed by atoms with E-state index < -0.39 is 12.1 Å². The van der Waals surface area contributed by atoms with Crippen LogP contribution in [0.3, 0.4) is 0 Å². The predicted octanol–water partition coefficient (Wildman–Crippen LogP) is 3.65. The van der Waals surface area contributed by atoms with Crippen molar-refractivity contribution in [1.82, 2.24) is 15.6 Å². The zero-order valence-electron chi connectivity index (χ0n) is 16.9. The van der Waals surface area contributed by atoms with Crippen molar-refractivity contribution in [2.75, 3.05) is 0 Å². The molecule has 0 saturated heterocycles. The van der Waals surface area contributed by atoms with Gasteiger partial charge in [0.1, 0.15) is 6.04 Å². The van der Waals surface area contributed by atoms with Crippen LogP contribution in [0.5, 0.6) is 0 Å². The van der Waals surface area contributed by atoms with Gasteiger partial charge in [-0.25, -0.2) is 4.79 Å². The molecule has 0 aliphatic carbocycles. The number of primary amides is 1. The van der Waals surface area contributed by atoms with Gasteiger partial charge in [-0.3, -0.25) is 4.79 Å². The summed E-state index contributed by atoms with van der Waals surface area (Å²) in [7, 11) is 0. The standard InChI is InChI=1S/C25H24N4O2/c26-25(31)28-22(15-19-16-27-21-14-8-7-13-20(19)21)24(30)29-23(17-9-3-1-4-10-17)18-11-5-2-6-12-18/h1-14,16,22-23,27H,15H2,(H,29,30)(H3,26,28,31)/t22-/m0/s1. The fourth-order valence-corrected chi connectivity index (χ4v) is 3.79. The number of carbonyl (C=O) groups excluding carboxylic acids is 2. The summed E-state index contributed by atoms with van der Waals surface area (Å²) >= 11 is 0. The number of benzene rings is 3. The van der Waals surface area contributed by atoms with Crippen LogP contribution in [0.4, 0.5) is 4.79 Å². The molecule has 1 aromatic heterocycles. The monoisotopic (exact) mass is 412 g/mol. The summed E-state index contributed by atoms with van der Waals surface area (Å²) in [6.07, 6.45) is 2.18. The van der Waals surface area contributed by atoms with Crippen LogP contribution in [-0.2, 0) is 11.2 Å². The van der Waals surface area contributed by atoms with Crippen LogP contribution < -0.4 is 16.4 Å². The van der Waals surface area contributed by atoms with Crippen LogP contribution in [0.1, 0.15) is 22.7 Å². The molecule has 0 aliphatic heterocycles. The highest BCUT2D eigenvalue weighted by Crippen LogP contribution is 2.23. The van der Waals surface area contributed by atoms with Crippen molar-refractivity contribution < 1.29 is 9.59 Å². The minimum atomic E-state index is -0.813. The molecule has 6 nitrogen and oxygen atoms in total. The van der Waals surface area contributed by atoms with E-state index in [4.69, 9.17) is 5.73 Å². The molecule has 5 N–H and O–H groups in total. The minimum Gasteiger partial charge on any atom is -0.361 e. The lowest BCUT2D eigenvalue weighted by Gasteiger charge is -2.24. The van der Waals surface area contributed by atoms with Gasteiger partial charge in [-0.1, -0.05) is 78.9 Å². The number of hydrogen-bond acceptors (Lipinski definition) is 2. The van der Waals surface area contributed by atoms with Crippen LogP contribution >= 0.6 is 0 Å². The molecule has 0 radical (unpaired) electrons. The Labute approximate surface area is 180 Å². The fourth-order valence-electron chi connectivity index (χ4n) is 3.79. The van der Waals surface area contributed by atoms with Crippen LogP contribution in [0.25, 0.3) is 10.9 Å². The van der Waals surface area contributed by atoms with E-state index in [9.17, 15) is 9.59 Å². The van der Waals surface area contributed by atoms with E-state index in [1.54, 1.807) is 0 Å². The van der Waals surface area contributed by atoms with E-state index in [1.807, 2.05) is 91.1 Å². The third-order valence-corrected chi connectivity index (χ3v) is 5.28. The van der Waals surface area contributed by atoms with Gasteiger partial charge in [0.25, 0.3) is 0 Å². The quantitative estimate of drug-likeness (QED) is 0.372. The second-order valence-corrected chi connectivity index (χ2v) is 7.39. The third-order valence-electron chi connectivity index (χ3n) is 5.28. The van der Waals surface area contributed by atoms with E-state index in [0.29, 0.717) is 6.42 Å². The lowest BCUT2D eigenvalue weighted by molar-refractivity contribution is -0.123. The average Bonchev–Trinajstić information content (AvgIpc) is 3.20. The largest absolute Gasteiger partial charge is 0.361 e. The maximum Gasteiger partial charge on any atom is 0.312 e. The first-order valence-corrected chi connectivity index (χ1v) is 10.1. The van der Waals surface area contributed by atoms with E-state index in [0.717, 1.165) is 27.6 Å². The number of amides is 3. The molecule has 156 valence electrons. The summed E-state index contributed by atoms with van der Waals surface area (Å²) in [4.78, 5) is 28.2. The van der Waals surface area contributed by atoms with E-state index in [2.05, 4.69) is 15.6 Å². The number of aromatic nitrogens is 1. The fraction of sp³-hybridized carbons (Fsp3) is 0.120. The van der Waals surface area contributed by atoms with E-state index in [1.165, 1.54) is 0 Å². The van der Waals surface area contributed by atoms with Gasteiger partial charge in [0.05, 0.1) is 6.04 Å². The lowest BCUT2D eigenvalue weighted by atomic mass is 9.97. The molecule has 1 heterocycles. The van der Waals surface area contributed by atoms with Crippen LogP contribution in [-0.4, -0.2) is 23.0 Å². The second kappa shape index (κ2) is 9.17. The maximum absolute atomic E-state index is 13.3. The summed E-state index contributed by atoms with van der Waals surface area (Å²) in [6.45, 7) is 0. The molecule has 6 heteroatoms. The maximum atomic E-state index is 13.3. The van der Waals surface area contributed by atoms with Crippen molar-refractivity contribution >= 4 is 22.8 Å². The van der Waals surface area contributed by atoms with Crippen LogP contribution in [0.15, 0.2) is 91.1 Å². The number of carbonyl (C=O) groups is 2. The number of para-hydroxylation sites is 1. The van der Waals surface area contributed by atoms with Gasteiger partial charge in [0, 0.05) is 23.5 Å². The van der Waals surface area contributed by atoms with Gasteiger partial charge in [0.2, 0.25) is 5.91 Å². The van der Waals surface area contributed by atoms with Gasteiger partial charge in [0.15, 0.2) is 0 Å². The van der Waals surface area contributed by atoms with Gasteiger partial charge < -0.3 is 21.4 Å². The van der Waals surface area contributed by atoms with Crippen molar-refractivity contribution in [3.63, 3.8) is 0 Å². The normalized spacial score (nSPS) is 11.9. The highest BCUT2D eigenvalue weighted by Gasteiger charge is 2.25. The average molecular weight is 412 g/mol. The number of fused-ring (bicyclic) bond motifs is 1. The van der Waals surface area contributed by atoms with Crippen LogP contribution in [0, 0.1) is 0 Å². The molecular weight excluding hydrogens is 388 g/mol. The number of nitrogens with two attached hydrogens (primary N) is 1. The molecule has 0 unspecified atom stereocenters. The number of urea groups is 1. The van der Waals surface area contributed by atoms with Gasteiger partial charge >= 0.3 is 6.03 Å². The zero-order valence-corrected chi connectivity index (χ0v) is 16.9. The summed E-state index contributed by atoms with van der Waals surface area (Å²) in [5.74, 6) is -0.304. The summed E-state index contributed by atoms with van der Waals surface area (Å²) in [5.41, 5.74) is 9.19. The smallest absolute Gasteiger partial charge is 0.312 e. The Hall–Kier alpha value is -4.06. The highest BCUT2D eigenvalue weighted by atomic mass is 16.2. The first kappa shape index (κ1) is 20.2. The SMILES string of the molecule is NC(=O)N[C@@H](Cc1c[nH]c2ccccc12)C(=O)NC(c1ccccc1)c1ccccc1. The van der Waals surface area contributed by atoms with Gasteiger partial charge in [-0.15, -0.1) is 0 Å². The van der Waals surface area contributed by atoms with Crippen molar-refractivity contribution in [2.45, 2.75) is 18.5 Å². The second-order valence-electron chi connectivity index (χ2n) is 7.39. The summed E-state index contributed by atoms with van der Waals surface area (Å²) in [5, 5.41) is 6.71. The molecule has 31 heavy (non-hydrogen) atoms. The number of H-pyrrole nitrogens is 1. The Morgan fingerprint density at radius 2 is 1.39 bits per heavy atom. The number of rotatable bonds is 7. The topological polar surface area (TPSA) is 100 Å². The van der Waals surface area contributed by atoms with E-state index >= 15 is 0 Å². The first-order chi connectivity index (χ1) is 15.1. The Kier molecular flexibility index (Phi) is 5.98. The van der Waals surface area contributed by atoms with Crippen molar-refractivity contribution in [3.05, 3.63) is 108 Å². The molecule has 0 spiro atoms. The molecular formula is C25H24N4O2. The number of nitrogens with one attached hydrogen (secondary N) is 3. The molecule has 0 saturated carbocycles. The third kappa shape index (κ3) is 4.75. The lowest BCUT2D eigenvalue weighted by Crippen LogP contribution is -2.50. The predicted molar refractivity (Wildman–Crippen MR) is 121 cm³/mol. The molecule has 3 aromatic carbocycles. The highest BCUT2D eigenvalue weighted by molar-refractivity contribution is 5.89. The molecule has 0 fully saturated rings. The summed E-state index contributed by atoms with van der Waals surface area (Å²) in [6, 6.07) is 25.4. The van der Waals surface area contributed by atoms with Gasteiger partial charge in [-0.2, -0.15) is 0 Å². The van der Waals surface area contributed by atoms with Crippen molar-refractivity contribution in [3.8, 4) is 0 Å². The Balaban J connectivity index is 1.61. The molecule has 4 rings (SSSR count). The molecule has 3 amide bonds.